The molecule has 0 N–H and O–H groups in total. The van der Waals surface area contributed by atoms with Crippen molar-refractivity contribution in [3.8, 4) is 22.9 Å². The quantitative estimate of drug-likeness (QED) is 0.799. The summed E-state index contributed by atoms with van der Waals surface area (Å²) in [5, 5.41) is 0. The van der Waals surface area contributed by atoms with Gasteiger partial charge in [0.2, 0.25) is 5.91 Å². The summed E-state index contributed by atoms with van der Waals surface area (Å²) in [6, 6.07) is 4.52. The standard InChI is InChI=1S/C20H25N3O3/c1-13-8-16(19(26-3)17(9-13)25-2)20-21-6-7-22(20)11-14-10-18(24)23(12-14)15-4-5-15/h6-9,14-15H,4-5,10-12H2,1-3H3. The molecular formula is C20H25N3O3. The molecule has 1 unspecified atom stereocenters. The summed E-state index contributed by atoms with van der Waals surface area (Å²) >= 11 is 0. The van der Waals surface area contributed by atoms with Crippen LogP contribution in [0.1, 0.15) is 24.8 Å². The van der Waals surface area contributed by atoms with Crippen LogP contribution in [0.4, 0.5) is 0 Å². The lowest BCUT2D eigenvalue weighted by Crippen LogP contribution is -2.27. The lowest BCUT2D eigenvalue weighted by molar-refractivity contribution is -0.128. The highest BCUT2D eigenvalue weighted by Crippen LogP contribution is 2.39. The SMILES string of the molecule is COc1cc(C)cc(-c2nccn2CC2CC(=O)N(C3CC3)C2)c1OC. The van der Waals surface area contributed by atoms with Gasteiger partial charge in [0.15, 0.2) is 11.5 Å². The van der Waals surface area contributed by atoms with Crippen molar-refractivity contribution in [2.75, 3.05) is 20.8 Å². The van der Waals surface area contributed by atoms with E-state index in [1.54, 1.807) is 20.4 Å². The Morgan fingerprint density at radius 3 is 2.73 bits per heavy atom. The lowest BCUT2D eigenvalue weighted by Gasteiger charge is -2.18. The molecule has 0 bridgehead atoms. The zero-order valence-electron chi connectivity index (χ0n) is 15.6. The minimum Gasteiger partial charge on any atom is -0.493 e. The third kappa shape index (κ3) is 3.04. The first kappa shape index (κ1) is 16.9. The maximum absolute atomic E-state index is 12.2. The van der Waals surface area contributed by atoms with Gasteiger partial charge in [-0.2, -0.15) is 0 Å². The van der Waals surface area contributed by atoms with Crippen LogP contribution < -0.4 is 9.47 Å². The fourth-order valence-electron chi connectivity index (χ4n) is 3.92. The number of aryl methyl sites for hydroxylation is 1. The Morgan fingerprint density at radius 2 is 2.04 bits per heavy atom. The second-order valence-corrected chi connectivity index (χ2v) is 7.30. The molecule has 2 aromatic rings. The number of nitrogens with zero attached hydrogens (tertiary/aromatic N) is 3. The Morgan fingerprint density at radius 1 is 1.23 bits per heavy atom. The predicted octanol–water partition coefficient (Wildman–Crippen LogP) is 2.89. The molecule has 0 radical (unpaired) electrons. The van der Waals surface area contributed by atoms with Crippen LogP contribution in [0.25, 0.3) is 11.4 Å². The second kappa shape index (κ2) is 6.67. The number of hydrogen-bond acceptors (Lipinski definition) is 4. The minimum atomic E-state index is 0.300. The first-order valence-electron chi connectivity index (χ1n) is 9.14. The largest absolute Gasteiger partial charge is 0.493 e. The molecule has 2 fully saturated rings. The van der Waals surface area contributed by atoms with E-state index in [0.29, 0.717) is 35.8 Å². The van der Waals surface area contributed by atoms with Crippen molar-refractivity contribution >= 4 is 5.91 Å². The van der Waals surface area contributed by atoms with E-state index in [2.05, 4.69) is 20.5 Å². The Bertz CT molecular complexity index is 826. The topological polar surface area (TPSA) is 56.6 Å². The number of likely N-dealkylation sites (tertiary alicyclic amines) is 1. The number of amides is 1. The van der Waals surface area contributed by atoms with Gasteiger partial charge in [-0.3, -0.25) is 4.79 Å². The fourth-order valence-corrected chi connectivity index (χ4v) is 3.92. The molecule has 1 saturated heterocycles. The van der Waals surface area contributed by atoms with Crippen molar-refractivity contribution in [1.29, 1.82) is 0 Å². The van der Waals surface area contributed by atoms with E-state index >= 15 is 0 Å². The zero-order valence-corrected chi connectivity index (χ0v) is 15.6. The molecule has 4 rings (SSSR count). The molecular weight excluding hydrogens is 330 g/mol. The van der Waals surface area contributed by atoms with Crippen LogP contribution in [0.5, 0.6) is 11.5 Å². The molecule has 0 spiro atoms. The lowest BCUT2D eigenvalue weighted by atomic mass is 10.1. The monoisotopic (exact) mass is 355 g/mol. The van der Waals surface area contributed by atoms with Gasteiger partial charge in [0.25, 0.3) is 0 Å². The average Bonchev–Trinajstić information content (AvgIpc) is 3.26. The minimum absolute atomic E-state index is 0.300. The molecule has 1 saturated carbocycles. The van der Waals surface area contributed by atoms with Gasteiger partial charge in [-0.15, -0.1) is 0 Å². The molecule has 1 aromatic carbocycles. The van der Waals surface area contributed by atoms with Crippen LogP contribution in [0, 0.1) is 12.8 Å². The summed E-state index contributed by atoms with van der Waals surface area (Å²) in [6.07, 6.45) is 6.74. The summed E-state index contributed by atoms with van der Waals surface area (Å²) in [7, 11) is 3.29. The number of hydrogen-bond donors (Lipinski definition) is 0. The van der Waals surface area contributed by atoms with Crippen molar-refractivity contribution < 1.29 is 14.3 Å². The molecule has 6 nitrogen and oxygen atoms in total. The van der Waals surface area contributed by atoms with Gasteiger partial charge < -0.3 is 18.9 Å². The number of carbonyl (C=O) groups is 1. The first-order valence-corrected chi connectivity index (χ1v) is 9.14. The van der Waals surface area contributed by atoms with Crippen LogP contribution in [0.15, 0.2) is 24.5 Å². The van der Waals surface area contributed by atoms with Gasteiger partial charge in [0.05, 0.1) is 19.8 Å². The van der Waals surface area contributed by atoms with Gasteiger partial charge in [-0.25, -0.2) is 4.98 Å². The maximum atomic E-state index is 12.2. The van der Waals surface area contributed by atoms with Gasteiger partial charge in [0.1, 0.15) is 5.82 Å². The second-order valence-electron chi connectivity index (χ2n) is 7.30. The highest BCUT2D eigenvalue weighted by Gasteiger charge is 2.39. The fraction of sp³-hybridized carbons (Fsp3) is 0.500. The summed E-state index contributed by atoms with van der Waals surface area (Å²) in [5.41, 5.74) is 2.00. The maximum Gasteiger partial charge on any atom is 0.223 e. The van der Waals surface area contributed by atoms with Crippen molar-refractivity contribution in [2.24, 2.45) is 5.92 Å². The Balaban J connectivity index is 1.62. The Hall–Kier alpha value is -2.50. The molecule has 2 aliphatic rings. The molecule has 1 aromatic heterocycles. The van der Waals surface area contributed by atoms with Crippen molar-refractivity contribution in [1.82, 2.24) is 14.5 Å². The molecule has 6 heteroatoms. The highest BCUT2D eigenvalue weighted by atomic mass is 16.5. The summed E-state index contributed by atoms with van der Waals surface area (Å²) in [6.45, 7) is 3.67. The Labute approximate surface area is 153 Å². The van der Waals surface area contributed by atoms with E-state index in [0.717, 1.165) is 42.9 Å². The number of rotatable bonds is 6. The molecule has 2 heterocycles. The van der Waals surface area contributed by atoms with Crippen molar-refractivity contribution in [3.63, 3.8) is 0 Å². The van der Waals surface area contributed by atoms with Crippen LogP contribution in [-0.2, 0) is 11.3 Å². The molecule has 1 amide bonds. The number of aromatic nitrogens is 2. The molecule has 1 atom stereocenters. The number of imidazole rings is 1. The molecule has 26 heavy (non-hydrogen) atoms. The van der Waals surface area contributed by atoms with E-state index in [9.17, 15) is 4.79 Å². The highest BCUT2D eigenvalue weighted by molar-refractivity contribution is 5.79. The van der Waals surface area contributed by atoms with Gasteiger partial charge in [-0.05, 0) is 37.5 Å². The van der Waals surface area contributed by atoms with Crippen LogP contribution in [0.3, 0.4) is 0 Å². The van der Waals surface area contributed by atoms with Crippen LogP contribution in [0.2, 0.25) is 0 Å². The molecule has 1 aliphatic carbocycles. The van der Waals surface area contributed by atoms with E-state index in [4.69, 9.17) is 9.47 Å². The number of carbonyl (C=O) groups excluding carboxylic acids is 1. The number of benzene rings is 1. The third-order valence-electron chi connectivity index (χ3n) is 5.26. The normalized spacial score (nSPS) is 19.9. The summed E-state index contributed by atoms with van der Waals surface area (Å²) < 4.78 is 13.2. The van der Waals surface area contributed by atoms with E-state index in [1.165, 1.54) is 0 Å². The summed E-state index contributed by atoms with van der Waals surface area (Å²) in [5.74, 6) is 2.87. The van der Waals surface area contributed by atoms with Gasteiger partial charge >= 0.3 is 0 Å². The molecule has 1 aliphatic heterocycles. The van der Waals surface area contributed by atoms with Crippen molar-refractivity contribution in [3.05, 3.63) is 30.1 Å². The number of methoxy groups -OCH3 is 2. The predicted molar refractivity (Wildman–Crippen MR) is 98.3 cm³/mol. The van der Waals surface area contributed by atoms with Crippen LogP contribution in [-0.4, -0.2) is 47.2 Å². The van der Waals surface area contributed by atoms with Crippen molar-refractivity contribution in [2.45, 2.75) is 38.8 Å². The average molecular weight is 355 g/mol. The summed E-state index contributed by atoms with van der Waals surface area (Å²) in [4.78, 5) is 18.9. The first-order chi connectivity index (χ1) is 12.6. The smallest absolute Gasteiger partial charge is 0.223 e. The zero-order chi connectivity index (χ0) is 18.3. The van der Waals surface area contributed by atoms with E-state index in [1.807, 2.05) is 19.2 Å². The number of ether oxygens (including phenoxy) is 2. The van der Waals surface area contributed by atoms with E-state index < -0.39 is 0 Å². The van der Waals surface area contributed by atoms with E-state index in [-0.39, 0.29) is 0 Å². The van der Waals surface area contributed by atoms with Crippen LogP contribution >= 0.6 is 0 Å². The van der Waals surface area contributed by atoms with Gasteiger partial charge in [0, 0.05) is 43.9 Å². The van der Waals surface area contributed by atoms with Gasteiger partial charge in [-0.1, -0.05) is 0 Å². The Kier molecular flexibility index (Phi) is 4.34. The third-order valence-corrected chi connectivity index (χ3v) is 5.26. The molecule has 138 valence electrons.